The topological polar surface area (TPSA) is 54.9 Å². The van der Waals surface area contributed by atoms with Crippen molar-refractivity contribution in [2.45, 2.75) is 0 Å². The summed E-state index contributed by atoms with van der Waals surface area (Å²) in [6.45, 7) is 0. The van der Waals surface area contributed by atoms with Crippen LogP contribution < -0.4 is 5.32 Å². The number of nitrogens with zero attached hydrogens (tertiary/aromatic N) is 2. The quantitative estimate of drug-likeness (QED) is 0.529. The number of thiazole rings is 1. The fraction of sp³-hybridized carbons (Fsp3) is 0. The second kappa shape index (κ2) is 7.47. The number of anilines is 1. The molecule has 0 spiro atoms. The van der Waals surface area contributed by atoms with E-state index in [1.807, 2.05) is 35.7 Å². The summed E-state index contributed by atoms with van der Waals surface area (Å²) in [7, 11) is 0. The fourth-order valence-electron chi connectivity index (χ4n) is 2.59. The van der Waals surface area contributed by atoms with E-state index in [1.165, 1.54) is 24.3 Å². The van der Waals surface area contributed by atoms with Crippen LogP contribution in [0.2, 0.25) is 0 Å². The summed E-state index contributed by atoms with van der Waals surface area (Å²) in [6, 6.07) is 16.8. The zero-order valence-corrected chi connectivity index (χ0v) is 14.9. The molecule has 0 atom stereocenters. The highest BCUT2D eigenvalue weighted by molar-refractivity contribution is 7.13. The molecule has 2 aromatic carbocycles. The van der Waals surface area contributed by atoms with Crippen LogP contribution in [-0.4, -0.2) is 15.9 Å². The zero-order chi connectivity index (χ0) is 18.6. The summed E-state index contributed by atoms with van der Waals surface area (Å²) >= 11 is 1.55. The second-order valence-corrected chi connectivity index (χ2v) is 6.67. The molecule has 0 saturated heterocycles. The summed E-state index contributed by atoms with van der Waals surface area (Å²) in [6.07, 6.45) is 3.48. The highest BCUT2D eigenvalue weighted by Crippen LogP contribution is 2.29. The van der Waals surface area contributed by atoms with Gasteiger partial charge in [-0.2, -0.15) is 0 Å². The van der Waals surface area contributed by atoms with E-state index in [9.17, 15) is 9.18 Å². The molecule has 0 saturated carbocycles. The molecule has 0 radical (unpaired) electrons. The van der Waals surface area contributed by atoms with Crippen molar-refractivity contribution in [3.8, 4) is 21.8 Å². The maximum Gasteiger partial charge on any atom is 0.255 e. The molecule has 0 fully saturated rings. The van der Waals surface area contributed by atoms with Gasteiger partial charge < -0.3 is 5.32 Å². The van der Waals surface area contributed by atoms with Gasteiger partial charge in [-0.3, -0.25) is 9.78 Å². The Bertz CT molecular complexity index is 1080. The predicted octanol–water partition coefficient (Wildman–Crippen LogP) is 5.26. The first-order chi connectivity index (χ1) is 13.2. The maximum atomic E-state index is 13.0. The minimum Gasteiger partial charge on any atom is -0.322 e. The van der Waals surface area contributed by atoms with Crippen LogP contribution in [0.25, 0.3) is 21.8 Å². The summed E-state index contributed by atoms with van der Waals surface area (Å²) in [4.78, 5) is 21.0. The van der Waals surface area contributed by atoms with E-state index in [-0.39, 0.29) is 11.7 Å². The number of pyridine rings is 1. The van der Waals surface area contributed by atoms with E-state index < -0.39 is 0 Å². The van der Waals surface area contributed by atoms with Crippen molar-refractivity contribution in [2.75, 3.05) is 5.32 Å². The molecule has 0 bridgehead atoms. The highest BCUT2D eigenvalue weighted by Gasteiger charge is 2.09. The molecule has 4 rings (SSSR count). The second-order valence-electron chi connectivity index (χ2n) is 5.82. The Hall–Kier alpha value is -3.38. The number of carbonyl (C=O) groups excluding carboxylic acids is 1. The summed E-state index contributed by atoms with van der Waals surface area (Å²) < 4.78 is 13.0. The maximum absolute atomic E-state index is 13.0. The zero-order valence-electron chi connectivity index (χ0n) is 14.1. The number of nitrogens with one attached hydrogen (secondary N) is 1. The van der Waals surface area contributed by atoms with Crippen LogP contribution in [-0.2, 0) is 0 Å². The number of rotatable bonds is 4. The van der Waals surface area contributed by atoms with Gasteiger partial charge in [-0.15, -0.1) is 11.3 Å². The van der Waals surface area contributed by atoms with E-state index in [0.717, 1.165) is 21.8 Å². The third-order valence-corrected chi connectivity index (χ3v) is 4.85. The first-order valence-electron chi connectivity index (χ1n) is 8.22. The van der Waals surface area contributed by atoms with Crippen molar-refractivity contribution >= 4 is 22.9 Å². The lowest BCUT2D eigenvalue weighted by atomic mass is 10.1. The van der Waals surface area contributed by atoms with Crippen LogP contribution in [0.3, 0.4) is 0 Å². The first-order valence-corrected chi connectivity index (χ1v) is 9.10. The van der Waals surface area contributed by atoms with Crippen LogP contribution >= 0.6 is 11.3 Å². The van der Waals surface area contributed by atoms with Crippen molar-refractivity contribution < 1.29 is 9.18 Å². The Kier molecular flexibility index (Phi) is 4.72. The lowest BCUT2D eigenvalue weighted by Gasteiger charge is -2.07. The number of halogens is 1. The smallest absolute Gasteiger partial charge is 0.255 e. The third-order valence-electron chi connectivity index (χ3n) is 3.95. The van der Waals surface area contributed by atoms with Gasteiger partial charge in [0, 0.05) is 40.2 Å². The molecule has 1 N–H and O–H groups in total. The van der Waals surface area contributed by atoms with Gasteiger partial charge in [0.15, 0.2) is 0 Å². The van der Waals surface area contributed by atoms with Crippen molar-refractivity contribution in [1.29, 1.82) is 0 Å². The number of hydrogen-bond acceptors (Lipinski definition) is 4. The van der Waals surface area contributed by atoms with Gasteiger partial charge in [0.25, 0.3) is 5.91 Å². The average molecular weight is 375 g/mol. The molecule has 0 aliphatic heterocycles. The normalized spacial score (nSPS) is 10.6. The van der Waals surface area contributed by atoms with Crippen LogP contribution in [0.15, 0.2) is 78.4 Å². The predicted molar refractivity (Wildman–Crippen MR) is 105 cm³/mol. The van der Waals surface area contributed by atoms with Gasteiger partial charge in [0.1, 0.15) is 10.8 Å². The summed E-state index contributed by atoms with van der Waals surface area (Å²) in [5.74, 6) is -0.662. The van der Waals surface area contributed by atoms with E-state index in [2.05, 4.69) is 15.3 Å². The Labute approximate surface area is 159 Å². The fourth-order valence-corrected chi connectivity index (χ4v) is 3.43. The monoisotopic (exact) mass is 375 g/mol. The highest BCUT2D eigenvalue weighted by atomic mass is 32.1. The Morgan fingerprint density at radius 2 is 1.74 bits per heavy atom. The molecule has 0 unspecified atom stereocenters. The Morgan fingerprint density at radius 3 is 2.52 bits per heavy atom. The van der Waals surface area contributed by atoms with E-state index in [4.69, 9.17) is 0 Å². The molecule has 2 aromatic heterocycles. The molecule has 0 aliphatic rings. The van der Waals surface area contributed by atoms with E-state index in [1.54, 1.807) is 29.8 Å². The Balaban J connectivity index is 1.55. The molecule has 4 aromatic rings. The lowest BCUT2D eigenvalue weighted by molar-refractivity contribution is 0.102. The minimum absolute atomic E-state index is 0.289. The number of carbonyl (C=O) groups is 1. The van der Waals surface area contributed by atoms with Gasteiger partial charge in [0.2, 0.25) is 0 Å². The van der Waals surface area contributed by atoms with Gasteiger partial charge in [-0.25, -0.2) is 9.37 Å². The lowest BCUT2D eigenvalue weighted by Crippen LogP contribution is -2.11. The molecule has 27 heavy (non-hydrogen) atoms. The van der Waals surface area contributed by atoms with Crippen molar-refractivity contribution in [2.24, 2.45) is 0 Å². The standard InChI is InChI=1S/C21H14FN3OS/c22-17-6-4-14(5-7-17)20(26)24-18-3-1-2-16(12-18)19-13-27-21(25-19)15-8-10-23-11-9-15/h1-13H,(H,24,26). The molecule has 2 heterocycles. The number of amides is 1. The Morgan fingerprint density at radius 1 is 0.963 bits per heavy atom. The molecule has 4 nitrogen and oxygen atoms in total. The minimum atomic E-state index is -0.373. The van der Waals surface area contributed by atoms with Crippen molar-refractivity contribution in [1.82, 2.24) is 9.97 Å². The number of hydrogen-bond donors (Lipinski definition) is 1. The average Bonchev–Trinajstić information content (AvgIpc) is 3.20. The third kappa shape index (κ3) is 3.91. The molecule has 0 aliphatic carbocycles. The molecular formula is C21H14FN3OS. The number of benzene rings is 2. The summed E-state index contributed by atoms with van der Waals surface area (Å²) in [5.41, 5.74) is 3.81. The van der Waals surface area contributed by atoms with Gasteiger partial charge >= 0.3 is 0 Å². The molecule has 1 amide bonds. The van der Waals surface area contributed by atoms with E-state index >= 15 is 0 Å². The number of aromatic nitrogens is 2. The summed E-state index contributed by atoms with van der Waals surface area (Å²) in [5, 5.41) is 5.73. The van der Waals surface area contributed by atoms with Gasteiger partial charge in [-0.1, -0.05) is 12.1 Å². The SMILES string of the molecule is O=C(Nc1cccc(-c2csc(-c3ccncc3)n2)c1)c1ccc(F)cc1. The van der Waals surface area contributed by atoms with Crippen LogP contribution in [0, 0.1) is 5.82 Å². The van der Waals surface area contributed by atoms with Crippen molar-refractivity contribution in [3.63, 3.8) is 0 Å². The molecule has 132 valence electrons. The molecular weight excluding hydrogens is 361 g/mol. The van der Waals surface area contributed by atoms with Crippen LogP contribution in [0.1, 0.15) is 10.4 Å². The van der Waals surface area contributed by atoms with Crippen LogP contribution in [0.4, 0.5) is 10.1 Å². The first kappa shape index (κ1) is 17.1. The van der Waals surface area contributed by atoms with Gasteiger partial charge in [-0.05, 0) is 48.5 Å². The van der Waals surface area contributed by atoms with Crippen molar-refractivity contribution in [3.05, 3.63) is 89.8 Å². The largest absolute Gasteiger partial charge is 0.322 e. The van der Waals surface area contributed by atoms with Gasteiger partial charge in [0.05, 0.1) is 5.69 Å². The van der Waals surface area contributed by atoms with Crippen LogP contribution in [0.5, 0.6) is 0 Å². The van der Waals surface area contributed by atoms with E-state index in [0.29, 0.717) is 11.3 Å². The molecule has 6 heteroatoms.